The van der Waals surface area contributed by atoms with Crippen LogP contribution in [-0.4, -0.2) is 18.5 Å². The summed E-state index contributed by atoms with van der Waals surface area (Å²) in [5.74, 6) is 2.46. The number of hydrogen-bond acceptors (Lipinski definition) is 4. The Morgan fingerprint density at radius 1 is 1.43 bits per heavy atom. The van der Waals surface area contributed by atoms with Gasteiger partial charge in [-0.2, -0.15) is 5.26 Å². The zero-order valence-corrected chi connectivity index (χ0v) is 12.2. The fourth-order valence-electron chi connectivity index (χ4n) is 4.06. The van der Waals surface area contributed by atoms with Crippen LogP contribution in [0.25, 0.3) is 0 Å². The standard InChI is InChI=1S/C16H19N3O2/c1-18(10-14-7-11-2-3-12(14)6-11)15-5-4-13(9-17)16(8-15)19(20)21/h4-5,8,11-12,14H,2-3,6-7,10H2,1H3. The van der Waals surface area contributed by atoms with Gasteiger partial charge in [-0.15, -0.1) is 0 Å². The van der Waals surface area contributed by atoms with E-state index in [1.807, 2.05) is 13.1 Å². The Morgan fingerprint density at radius 3 is 2.81 bits per heavy atom. The molecule has 5 heteroatoms. The number of nitro benzene ring substituents is 1. The van der Waals surface area contributed by atoms with Gasteiger partial charge >= 0.3 is 0 Å². The summed E-state index contributed by atoms with van der Waals surface area (Å²) in [5, 5.41) is 20.0. The number of anilines is 1. The highest BCUT2D eigenvalue weighted by molar-refractivity contribution is 5.60. The Balaban J connectivity index is 1.75. The van der Waals surface area contributed by atoms with Crippen molar-refractivity contribution in [1.29, 1.82) is 5.26 Å². The number of nitro groups is 1. The molecule has 3 rings (SSSR count). The van der Waals surface area contributed by atoms with Crippen LogP contribution < -0.4 is 4.90 Å². The van der Waals surface area contributed by atoms with Crippen LogP contribution in [0.1, 0.15) is 31.2 Å². The SMILES string of the molecule is CN(CC1CC2CCC1C2)c1ccc(C#N)c([N+](=O)[O-])c1. The normalized spacial score (nSPS) is 26.6. The van der Waals surface area contributed by atoms with Crippen LogP contribution >= 0.6 is 0 Å². The molecule has 5 nitrogen and oxygen atoms in total. The first-order valence-electron chi connectivity index (χ1n) is 7.48. The van der Waals surface area contributed by atoms with Crippen molar-refractivity contribution in [2.24, 2.45) is 17.8 Å². The van der Waals surface area contributed by atoms with E-state index in [9.17, 15) is 10.1 Å². The van der Waals surface area contributed by atoms with Gasteiger partial charge in [0.05, 0.1) is 4.92 Å². The van der Waals surface area contributed by atoms with E-state index in [1.165, 1.54) is 31.7 Å². The second-order valence-electron chi connectivity index (χ2n) is 6.39. The molecule has 110 valence electrons. The summed E-state index contributed by atoms with van der Waals surface area (Å²) in [4.78, 5) is 12.7. The number of fused-ring (bicyclic) bond motifs is 2. The maximum atomic E-state index is 11.0. The first kappa shape index (κ1) is 13.9. The van der Waals surface area contributed by atoms with Crippen molar-refractivity contribution in [2.75, 3.05) is 18.5 Å². The first-order valence-corrected chi connectivity index (χ1v) is 7.48. The van der Waals surface area contributed by atoms with Gasteiger partial charge in [-0.25, -0.2) is 0 Å². The van der Waals surface area contributed by atoms with E-state index in [0.717, 1.165) is 24.1 Å². The molecule has 2 saturated carbocycles. The van der Waals surface area contributed by atoms with Crippen LogP contribution in [0.2, 0.25) is 0 Å². The van der Waals surface area contributed by atoms with Crippen molar-refractivity contribution in [3.8, 4) is 6.07 Å². The van der Waals surface area contributed by atoms with Crippen molar-refractivity contribution in [2.45, 2.75) is 25.7 Å². The molecule has 0 heterocycles. The Bertz CT molecular complexity index is 608. The molecule has 2 fully saturated rings. The van der Waals surface area contributed by atoms with E-state index in [-0.39, 0.29) is 11.3 Å². The maximum Gasteiger partial charge on any atom is 0.289 e. The summed E-state index contributed by atoms with van der Waals surface area (Å²) >= 11 is 0. The molecule has 1 aromatic carbocycles. The van der Waals surface area contributed by atoms with Crippen molar-refractivity contribution in [3.05, 3.63) is 33.9 Å². The van der Waals surface area contributed by atoms with E-state index < -0.39 is 4.92 Å². The molecule has 2 aliphatic rings. The van der Waals surface area contributed by atoms with E-state index in [2.05, 4.69) is 4.90 Å². The number of rotatable bonds is 4. The van der Waals surface area contributed by atoms with Crippen molar-refractivity contribution >= 4 is 11.4 Å². The second-order valence-corrected chi connectivity index (χ2v) is 6.39. The quantitative estimate of drug-likeness (QED) is 0.628. The van der Waals surface area contributed by atoms with Gasteiger partial charge in [0.1, 0.15) is 11.6 Å². The third kappa shape index (κ3) is 2.58. The smallest absolute Gasteiger partial charge is 0.289 e. The Hall–Kier alpha value is -2.09. The predicted octanol–water partition coefficient (Wildman–Crippen LogP) is 3.34. The van der Waals surface area contributed by atoms with E-state index in [0.29, 0.717) is 5.92 Å². The summed E-state index contributed by atoms with van der Waals surface area (Å²) in [6.45, 7) is 0.949. The molecule has 21 heavy (non-hydrogen) atoms. The minimum Gasteiger partial charge on any atom is -0.374 e. The summed E-state index contributed by atoms with van der Waals surface area (Å²) in [6, 6.07) is 6.75. The molecule has 0 aromatic heterocycles. The topological polar surface area (TPSA) is 70.2 Å². The molecule has 1 aromatic rings. The average Bonchev–Trinajstić information content (AvgIpc) is 3.09. The monoisotopic (exact) mass is 285 g/mol. The van der Waals surface area contributed by atoms with Crippen molar-refractivity contribution in [3.63, 3.8) is 0 Å². The van der Waals surface area contributed by atoms with E-state index in [4.69, 9.17) is 5.26 Å². The summed E-state index contributed by atoms with van der Waals surface area (Å²) in [7, 11) is 1.98. The lowest BCUT2D eigenvalue weighted by Gasteiger charge is -2.28. The largest absolute Gasteiger partial charge is 0.374 e. The number of benzene rings is 1. The van der Waals surface area contributed by atoms with Gasteiger partial charge in [-0.1, -0.05) is 6.42 Å². The lowest BCUT2D eigenvalue weighted by molar-refractivity contribution is -0.385. The van der Waals surface area contributed by atoms with Gasteiger partial charge in [0, 0.05) is 25.3 Å². The summed E-state index contributed by atoms with van der Waals surface area (Å²) < 4.78 is 0. The Kier molecular flexibility index (Phi) is 3.54. The fraction of sp³-hybridized carbons (Fsp3) is 0.562. The van der Waals surface area contributed by atoms with Crippen LogP contribution in [0.4, 0.5) is 11.4 Å². The Morgan fingerprint density at radius 2 is 2.24 bits per heavy atom. The molecule has 3 unspecified atom stereocenters. The molecule has 0 amide bonds. The van der Waals surface area contributed by atoms with Gasteiger partial charge in [-0.05, 0) is 49.1 Å². The molecule has 0 N–H and O–H groups in total. The number of nitrogens with zero attached hydrogens (tertiary/aromatic N) is 3. The first-order chi connectivity index (χ1) is 10.1. The number of hydrogen-bond donors (Lipinski definition) is 0. The molecule has 2 bridgehead atoms. The predicted molar refractivity (Wildman–Crippen MR) is 80.0 cm³/mol. The molecule has 3 atom stereocenters. The van der Waals surface area contributed by atoms with Crippen molar-refractivity contribution < 1.29 is 4.92 Å². The molecular formula is C16H19N3O2. The van der Waals surface area contributed by atoms with Gasteiger partial charge in [0.15, 0.2) is 0 Å². The van der Waals surface area contributed by atoms with Crippen LogP contribution in [0.15, 0.2) is 18.2 Å². The van der Waals surface area contributed by atoms with Gasteiger partial charge in [-0.3, -0.25) is 10.1 Å². The highest BCUT2D eigenvalue weighted by Crippen LogP contribution is 2.48. The van der Waals surface area contributed by atoms with Gasteiger partial charge < -0.3 is 4.90 Å². The Labute approximate surface area is 124 Å². The number of nitriles is 1. The minimum absolute atomic E-state index is 0.102. The zero-order valence-electron chi connectivity index (χ0n) is 12.2. The van der Waals surface area contributed by atoms with Crippen LogP contribution in [0.5, 0.6) is 0 Å². The fourth-order valence-corrected chi connectivity index (χ4v) is 4.06. The highest BCUT2D eigenvalue weighted by atomic mass is 16.6. The average molecular weight is 285 g/mol. The van der Waals surface area contributed by atoms with E-state index in [1.54, 1.807) is 12.1 Å². The van der Waals surface area contributed by atoms with Gasteiger partial charge in [0.2, 0.25) is 0 Å². The third-order valence-corrected chi connectivity index (χ3v) is 5.13. The van der Waals surface area contributed by atoms with Gasteiger partial charge in [0.25, 0.3) is 5.69 Å². The highest BCUT2D eigenvalue weighted by Gasteiger charge is 2.39. The maximum absolute atomic E-state index is 11.0. The lowest BCUT2D eigenvalue weighted by atomic mass is 9.88. The van der Waals surface area contributed by atoms with E-state index >= 15 is 0 Å². The lowest BCUT2D eigenvalue weighted by Crippen LogP contribution is -2.28. The molecule has 2 aliphatic carbocycles. The van der Waals surface area contributed by atoms with Crippen LogP contribution in [0.3, 0.4) is 0 Å². The van der Waals surface area contributed by atoms with Crippen LogP contribution in [-0.2, 0) is 0 Å². The molecule has 0 radical (unpaired) electrons. The second kappa shape index (κ2) is 5.36. The molecular weight excluding hydrogens is 266 g/mol. The minimum atomic E-state index is -0.479. The third-order valence-electron chi connectivity index (χ3n) is 5.13. The van der Waals surface area contributed by atoms with Crippen LogP contribution in [0, 0.1) is 39.2 Å². The molecule has 0 aliphatic heterocycles. The zero-order chi connectivity index (χ0) is 15.0. The summed E-state index contributed by atoms with van der Waals surface area (Å²) in [6.07, 6.45) is 5.39. The van der Waals surface area contributed by atoms with Crippen molar-refractivity contribution in [1.82, 2.24) is 0 Å². The molecule has 0 saturated heterocycles. The summed E-state index contributed by atoms with van der Waals surface area (Å²) in [5.41, 5.74) is 0.843. The molecule has 0 spiro atoms.